The lowest BCUT2D eigenvalue weighted by atomic mass is 9.80. The predicted molar refractivity (Wildman–Crippen MR) is 106 cm³/mol. The molecule has 29 heavy (non-hydrogen) atoms. The number of hydrogen-bond acceptors (Lipinski definition) is 5. The van der Waals surface area contributed by atoms with E-state index in [0.717, 1.165) is 48.6 Å². The fraction of sp³-hybridized carbons (Fsp3) is 0.409. The Hall–Kier alpha value is -2.80. The van der Waals surface area contributed by atoms with Gasteiger partial charge in [-0.2, -0.15) is 0 Å². The Morgan fingerprint density at radius 2 is 1.83 bits per heavy atom. The molecule has 1 fully saturated rings. The minimum atomic E-state index is -0.477. The molecule has 2 aromatic rings. The number of methoxy groups -OCH3 is 1. The van der Waals surface area contributed by atoms with E-state index < -0.39 is 5.54 Å². The smallest absolute Gasteiger partial charge is 0.231 e. The second-order valence-corrected chi connectivity index (χ2v) is 7.56. The number of fused-ring (bicyclic) bond motifs is 1. The van der Waals surface area contributed by atoms with E-state index in [1.165, 1.54) is 19.1 Å². The number of benzene rings is 2. The SMILES string of the molecule is COc1cc2c(cc1CN1CCC(NC(C)=O)(c3ccc(F)cc3)CC1)OCO2. The number of carbonyl (C=O) groups excluding carboxylic acids is 1. The fourth-order valence-corrected chi connectivity index (χ4v) is 4.20. The van der Waals surface area contributed by atoms with E-state index in [9.17, 15) is 9.18 Å². The molecule has 4 rings (SSSR count). The standard InChI is InChI=1S/C22H25FN2O4/c1-15(26)24-22(17-3-5-18(23)6-4-17)7-9-25(10-8-22)13-16-11-20-21(29-14-28-20)12-19(16)27-2/h3-6,11-12H,7-10,13-14H2,1-2H3,(H,24,26). The molecule has 2 heterocycles. The monoisotopic (exact) mass is 400 g/mol. The molecule has 0 radical (unpaired) electrons. The summed E-state index contributed by atoms with van der Waals surface area (Å²) in [5.74, 6) is 1.84. The van der Waals surface area contributed by atoms with E-state index in [1.54, 1.807) is 19.2 Å². The topological polar surface area (TPSA) is 60.0 Å². The van der Waals surface area contributed by atoms with Crippen LogP contribution in [0.5, 0.6) is 17.2 Å². The van der Waals surface area contributed by atoms with Gasteiger partial charge in [0.2, 0.25) is 12.7 Å². The average molecular weight is 400 g/mol. The highest BCUT2D eigenvalue weighted by Crippen LogP contribution is 2.39. The van der Waals surface area contributed by atoms with Gasteiger partial charge in [-0.05, 0) is 36.6 Å². The number of likely N-dealkylation sites (tertiary alicyclic amines) is 1. The van der Waals surface area contributed by atoms with Crippen LogP contribution in [0.15, 0.2) is 36.4 Å². The summed E-state index contributed by atoms with van der Waals surface area (Å²) >= 11 is 0. The zero-order valence-corrected chi connectivity index (χ0v) is 16.7. The number of piperidine rings is 1. The van der Waals surface area contributed by atoms with Crippen molar-refractivity contribution in [2.24, 2.45) is 0 Å². The Kier molecular flexibility index (Phi) is 5.32. The maximum atomic E-state index is 13.4. The van der Waals surface area contributed by atoms with Crippen LogP contribution in [0.3, 0.4) is 0 Å². The molecule has 0 atom stereocenters. The van der Waals surface area contributed by atoms with Crippen LogP contribution in [0.4, 0.5) is 4.39 Å². The van der Waals surface area contributed by atoms with Gasteiger partial charge in [0.05, 0.1) is 12.6 Å². The van der Waals surface area contributed by atoms with Crippen molar-refractivity contribution in [2.45, 2.75) is 31.8 Å². The minimum Gasteiger partial charge on any atom is -0.496 e. The van der Waals surface area contributed by atoms with Crippen molar-refractivity contribution in [1.82, 2.24) is 10.2 Å². The quantitative estimate of drug-likeness (QED) is 0.835. The number of amides is 1. The Labute approximate surface area is 169 Å². The Morgan fingerprint density at radius 3 is 2.45 bits per heavy atom. The summed E-state index contributed by atoms with van der Waals surface area (Å²) in [6.45, 7) is 4.03. The van der Waals surface area contributed by atoms with Gasteiger partial charge in [-0.25, -0.2) is 4.39 Å². The Balaban J connectivity index is 1.50. The van der Waals surface area contributed by atoms with Crippen molar-refractivity contribution in [2.75, 3.05) is 27.0 Å². The van der Waals surface area contributed by atoms with Gasteiger partial charge in [0, 0.05) is 38.2 Å². The molecule has 0 unspecified atom stereocenters. The second-order valence-electron chi connectivity index (χ2n) is 7.56. The Bertz CT molecular complexity index is 892. The van der Waals surface area contributed by atoms with Gasteiger partial charge in [-0.3, -0.25) is 9.69 Å². The van der Waals surface area contributed by atoms with Crippen LogP contribution in [0.25, 0.3) is 0 Å². The first-order chi connectivity index (χ1) is 14.0. The Morgan fingerprint density at radius 1 is 1.17 bits per heavy atom. The lowest BCUT2D eigenvalue weighted by Crippen LogP contribution is -2.52. The first kappa shape index (κ1) is 19.5. The van der Waals surface area contributed by atoms with Crippen molar-refractivity contribution < 1.29 is 23.4 Å². The number of nitrogens with zero attached hydrogens (tertiary/aromatic N) is 1. The van der Waals surface area contributed by atoms with Gasteiger partial charge < -0.3 is 19.5 Å². The van der Waals surface area contributed by atoms with Crippen LogP contribution in [0.1, 0.15) is 30.9 Å². The number of rotatable bonds is 5. The van der Waals surface area contributed by atoms with Crippen LogP contribution in [-0.2, 0) is 16.9 Å². The zero-order chi connectivity index (χ0) is 20.4. The van der Waals surface area contributed by atoms with Crippen LogP contribution in [-0.4, -0.2) is 37.8 Å². The number of halogens is 1. The summed E-state index contributed by atoms with van der Waals surface area (Å²) in [6.07, 6.45) is 1.48. The van der Waals surface area contributed by atoms with Gasteiger partial charge in [0.15, 0.2) is 11.5 Å². The van der Waals surface area contributed by atoms with Crippen LogP contribution < -0.4 is 19.5 Å². The summed E-state index contributed by atoms with van der Waals surface area (Å²) in [7, 11) is 1.65. The fourth-order valence-electron chi connectivity index (χ4n) is 4.20. The highest BCUT2D eigenvalue weighted by molar-refractivity contribution is 5.74. The molecule has 0 bridgehead atoms. The van der Waals surface area contributed by atoms with Crippen molar-refractivity contribution in [1.29, 1.82) is 0 Å². The summed E-state index contributed by atoms with van der Waals surface area (Å²) in [5.41, 5.74) is 1.50. The first-order valence-corrected chi connectivity index (χ1v) is 9.73. The van der Waals surface area contributed by atoms with Crippen LogP contribution in [0.2, 0.25) is 0 Å². The molecule has 1 saturated heterocycles. The molecule has 0 spiro atoms. The third-order valence-corrected chi connectivity index (χ3v) is 5.69. The van der Waals surface area contributed by atoms with Gasteiger partial charge in [-0.15, -0.1) is 0 Å². The van der Waals surface area contributed by atoms with Gasteiger partial charge in [-0.1, -0.05) is 12.1 Å². The average Bonchev–Trinajstić information content (AvgIpc) is 3.16. The number of ether oxygens (including phenoxy) is 3. The second kappa shape index (κ2) is 7.91. The van der Waals surface area contributed by atoms with E-state index in [4.69, 9.17) is 14.2 Å². The molecule has 154 valence electrons. The largest absolute Gasteiger partial charge is 0.496 e. The van der Waals surface area contributed by atoms with E-state index in [-0.39, 0.29) is 18.5 Å². The number of nitrogens with one attached hydrogen (secondary N) is 1. The highest BCUT2D eigenvalue weighted by Gasteiger charge is 2.37. The summed E-state index contributed by atoms with van der Waals surface area (Å²) in [4.78, 5) is 14.2. The third-order valence-electron chi connectivity index (χ3n) is 5.69. The van der Waals surface area contributed by atoms with E-state index in [0.29, 0.717) is 12.3 Å². The first-order valence-electron chi connectivity index (χ1n) is 9.73. The molecular formula is C22H25FN2O4. The molecule has 2 aromatic carbocycles. The molecule has 0 aromatic heterocycles. The lowest BCUT2D eigenvalue weighted by Gasteiger charge is -2.42. The van der Waals surface area contributed by atoms with Crippen molar-refractivity contribution in [3.63, 3.8) is 0 Å². The molecule has 0 saturated carbocycles. The molecule has 1 amide bonds. The summed E-state index contributed by atoms with van der Waals surface area (Å²) < 4.78 is 29.8. The molecule has 0 aliphatic carbocycles. The molecular weight excluding hydrogens is 375 g/mol. The van der Waals surface area contributed by atoms with Gasteiger partial charge >= 0.3 is 0 Å². The lowest BCUT2D eigenvalue weighted by molar-refractivity contribution is -0.121. The summed E-state index contributed by atoms with van der Waals surface area (Å²) in [5, 5.41) is 3.12. The highest BCUT2D eigenvalue weighted by atomic mass is 19.1. The molecule has 2 aliphatic heterocycles. The van der Waals surface area contributed by atoms with E-state index >= 15 is 0 Å². The third kappa shape index (κ3) is 4.00. The molecule has 1 N–H and O–H groups in total. The maximum absolute atomic E-state index is 13.4. The minimum absolute atomic E-state index is 0.0831. The van der Waals surface area contributed by atoms with E-state index in [1.807, 2.05) is 12.1 Å². The van der Waals surface area contributed by atoms with Crippen molar-refractivity contribution in [3.05, 3.63) is 53.3 Å². The zero-order valence-electron chi connectivity index (χ0n) is 16.7. The van der Waals surface area contributed by atoms with Crippen molar-refractivity contribution in [3.8, 4) is 17.2 Å². The predicted octanol–water partition coefficient (Wildman–Crippen LogP) is 3.19. The molecule has 7 heteroatoms. The maximum Gasteiger partial charge on any atom is 0.231 e. The molecule has 2 aliphatic rings. The number of hydrogen-bond donors (Lipinski definition) is 1. The summed E-state index contributed by atoms with van der Waals surface area (Å²) in [6, 6.07) is 10.3. The number of carbonyl (C=O) groups is 1. The van der Waals surface area contributed by atoms with E-state index in [2.05, 4.69) is 10.2 Å². The van der Waals surface area contributed by atoms with Crippen molar-refractivity contribution >= 4 is 5.91 Å². The molecule has 6 nitrogen and oxygen atoms in total. The van der Waals surface area contributed by atoms with Crippen LogP contribution >= 0.6 is 0 Å². The normalized spacial score (nSPS) is 17.8. The van der Waals surface area contributed by atoms with Crippen LogP contribution in [0, 0.1) is 5.82 Å². The van der Waals surface area contributed by atoms with Gasteiger partial charge in [0.1, 0.15) is 11.6 Å². The van der Waals surface area contributed by atoms with Gasteiger partial charge in [0.25, 0.3) is 0 Å².